The zero-order chi connectivity index (χ0) is 27.3. The number of hydrogen-bond donors (Lipinski definition) is 1. The van der Waals surface area contributed by atoms with Crippen LogP contribution in [0.1, 0.15) is 10.4 Å². The number of carbonyl (C=O) groups is 1. The van der Waals surface area contributed by atoms with Crippen molar-refractivity contribution in [2.24, 2.45) is 0 Å². The average molecular weight is 547 g/mol. The molecule has 0 aliphatic rings. The van der Waals surface area contributed by atoms with E-state index in [1.54, 1.807) is 30.6 Å². The van der Waals surface area contributed by atoms with Crippen molar-refractivity contribution in [3.8, 4) is 33.8 Å². The molecule has 0 amide bonds. The van der Waals surface area contributed by atoms with E-state index in [-0.39, 0.29) is 5.56 Å². The van der Waals surface area contributed by atoms with Gasteiger partial charge in [-0.2, -0.15) is 0 Å². The van der Waals surface area contributed by atoms with Gasteiger partial charge in [-0.1, -0.05) is 71.1 Å². The van der Waals surface area contributed by atoms with Crippen LogP contribution in [0.3, 0.4) is 0 Å². The quantitative estimate of drug-likeness (QED) is 0.112. The third-order valence-corrected chi connectivity index (χ3v) is 6.78. The maximum atomic E-state index is 11.7. The van der Waals surface area contributed by atoms with Gasteiger partial charge in [-0.15, -0.1) is 4.73 Å². The Morgan fingerprint density at radius 1 is 0.775 bits per heavy atom. The van der Waals surface area contributed by atoms with E-state index in [2.05, 4.69) is 0 Å². The number of aromatic nitrogens is 2. The number of nitrogens with zero attached hydrogens (tertiary/aromatic N) is 2. The predicted molar refractivity (Wildman–Crippen MR) is 154 cm³/mol. The molecule has 40 heavy (non-hydrogen) atoms. The summed E-state index contributed by atoms with van der Waals surface area (Å²) in [6, 6.07) is 35.6. The standard InChI is InChI=1S/C32H22N2O5S/c35-32(36)23-11-9-10-22(18-23)29-21-34(38-39-40-26-14-5-2-6-15-26)31-28(29)19-24(20-33-31)27-16-7-8-17-30(27)37-25-12-3-1-4-13-25/h1-21H,(H,35,36). The number of ether oxygens (including phenoxy) is 1. The number of benzene rings is 4. The molecule has 0 aliphatic carbocycles. The predicted octanol–water partition coefficient (Wildman–Crippen LogP) is 7.93. The van der Waals surface area contributed by atoms with Crippen LogP contribution in [0.2, 0.25) is 0 Å². The molecule has 8 heteroatoms. The fraction of sp³-hybridized carbons (Fsp3) is 0. The number of rotatable bonds is 9. The highest BCUT2D eigenvalue weighted by Crippen LogP contribution is 2.37. The first kappa shape index (κ1) is 25.2. The number of fused-ring (bicyclic) bond motifs is 1. The van der Waals surface area contributed by atoms with E-state index in [4.69, 9.17) is 19.0 Å². The summed E-state index contributed by atoms with van der Waals surface area (Å²) in [6.45, 7) is 0. The van der Waals surface area contributed by atoms with E-state index < -0.39 is 5.97 Å². The molecule has 0 radical (unpaired) electrons. The number of aromatic carboxylic acids is 1. The van der Waals surface area contributed by atoms with Crippen LogP contribution in [0.15, 0.2) is 133 Å². The van der Waals surface area contributed by atoms with Crippen molar-refractivity contribution in [3.63, 3.8) is 0 Å². The Balaban J connectivity index is 1.41. The zero-order valence-electron chi connectivity index (χ0n) is 21.0. The van der Waals surface area contributed by atoms with E-state index in [0.717, 1.165) is 44.8 Å². The van der Waals surface area contributed by atoms with Gasteiger partial charge in [-0.05, 0) is 54.1 Å². The Bertz CT molecular complexity index is 1790. The maximum absolute atomic E-state index is 11.7. The Hall–Kier alpha value is -5.05. The van der Waals surface area contributed by atoms with Crippen LogP contribution in [0.5, 0.6) is 11.5 Å². The minimum Gasteiger partial charge on any atom is -0.478 e. The van der Waals surface area contributed by atoms with Crippen molar-refractivity contribution in [2.75, 3.05) is 0 Å². The number of pyridine rings is 1. The van der Waals surface area contributed by atoms with Crippen molar-refractivity contribution < 1.29 is 24.0 Å². The molecule has 196 valence electrons. The average Bonchev–Trinajstić information content (AvgIpc) is 3.36. The van der Waals surface area contributed by atoms with Gasteiger partial charge >= 0.3 is 5.97 Å². The van der Waals surface area contributed by atoms with Gasteiger partial charge in [0.05, 0.1) is 23.8 Å². The number of carboxylic acid groups (broad SMARTS) is 1. The summed E-state index contributed by atoms with van der Waals surface area (Å²) in [5, 5.41) is 10.3. The van der Waals surface area contributed by atoms with E-state index in [0.29, 0.717) is 17.0 Å². The molecule has 0 spiro atoms. The highest BCUT2D eigenvalue weighted by Gasteiger charge is 2.17. The fourth-order valence-electron chi connectivity index (χ4n) is 4.31. The SMILES string of the molecule is O=C(O)c1cccc(-c2cn(OOSc3ccccc3)c3ncc(-c4ccccc4Oc4ccccc4)cc23)c1. The van der Waals surface area contributed by atoms with Crippen molar-refractivity contribution >= 4 is 29.0 Å². The van der Waals surface area contributed by atoms with Gasteiger partial charge in [0, 0.05) is 33.2 Å². The summed E-state index contributed by atoms with van der Waals surface area (Å²) in [5.74, 6) is 0.403. The van der Waals surface area contributed by atoms with Crippen LogP contribution in [0, 0.1) is 0 Å². The molecule has 4 aromatic carbocycles. The molecule has 7 nitrogen and oxygen atoms in total. The third-order valence-electron chi connectivity index (χ3n) is 6.19. The summed E-state index contributed by atoms with van der Waals surface area (Å²) < 4.78 is 13.1. The van der Waals surface area contributed by atoms with Gasteiger partial charge in [0.15, 0.2) is 5.65 Å². The minimum absolute atomic E-state index is 0.181. The Kier molecular flexibility index (Phi) is 7.17. The number of carboxylic acids is 1. The molecule has 0 saturated carbocycles. The molecule has 0 unspecified atom stereocenters. The van der Waals surface area contributed by atoms with Crippen molar-refractivity contribution in [1.82, 2.24) is 9.71 Å². The molecule has 0 atom stereocenters. The van der Waals surface area contributed by atoms with Crippen molar-refractivity contribution in [3.05, 3.63) is 133 Å². The lowest BCUT2D eigenvalue weighted by molar-refractivity contribution is -0.188. The summed E-state index contributed by atoms with van der Waals surface area (Å²) in [7, 11) is 0. The Morgan fingerprint density at radius 3 is 2.33 bits per heavy atom. The van der Waals surface area contributed by atoms with E-state index in [1.165, 1.54) is 4.73 Å². The molecule has 1 N–H and O–H groups in total. The van der Waals surface area contributed by atoms with Crippen LogP contribution in [0.4, 0.5) is 0 Å². The number of hydrogen-bond acceptors (Lipinski definition) is 6. The highest BCUT2D eigenvalue weighted by molar-refractivity contribution is 7.94. The second-order valence-corrected chi connectivity index (χ2v) is 9.57. The molecule has 6 rings (SSSR count). The Labute approximate surface area is 234 Å². The first-order valence-electron chi connectivity index (χ1n) is 12.4. The van der Waals surface area contributed by atoms with Crippen LogP contribution >= 0.6 is 12.0 Å². The lowest BCUT2D eigenvalue weighted by Gasteiger charge is -2.11. The maximum Gasteiger partial charge on any atom is 0.335 e. The first-order chi connectivity index (χ1) is 19.7. The summed E-state index contributed by atoms with van der Waals surface area (Å²) >= 11 is 1.07. The largest absolute Gasteiger partial charge is 0.478 e. The lowest BCUT2D eigenvalue weighted by atomic mass is 10.0. The monoisotopic (exact) mass is 546 g/mol. The summed E-state index contributed by atoms with van der Waals surface area (Å²) in [5.41, 5.74) is 3.82. The minimum atomic E-state index is -1.00. The highest BCUT2D eigenvalue weighted by atomic mass is 32.2. The van der Waals surface area contributed by atoms with Crippen LogP contribution in [-0.2, 0) is 4.33 Å². The molecule has 0 fully saturated rings. The van der Waals surface area contributed by atoms with E-state index >= 15 is 0 Å². The van der Waals surface area contributed by atoms with Gasteiger partial charge in [-0.25, -0.2) is 14.8 Å². The van der Waals surface area contributed by atoms with Gasteiger partial charge in [-0.3, -0.25) is 0 Å². The second-order valence-electron chi connectivity index (χ2n) is 8.80. The van der Waals surface area contributed by atoms with Crippen LogP contribution in [-0.4, -0.2) is 20.8 Å². The van der Waals surface area contributed by atoms with Crippen LogP contribution in [0.25, 0.3) is 33.3 Å². The first-order valence-corrected chi connectivity index (χ1v) is 13.1. The molecule has 0 aliphatic heterocycles. The topological polar surface area (TPSA) is 82.8 Å². The molecular formula is C32H22N2O5S. The van der Waals surface area contributed by atoms with E-state index in [9.17, 15) is 9.90 Å². The smallest absolute Gasteiger partial charge is 0.335 e. The fourth-order valence-corrected chi connectivity index (χ4v) is 4.75. The Morgan fingerprint density at radius 2 is 1.52 bits per heavy atom. The molecule has 2 aromatic heterocycles. The van der Waals surface area contributed by atoms with Crippen LogP contribution < -0.4 is 9.73 Å². The van der Waals surface area contributed by atoms with Crippen molar-refractivity contribution in [1.29, 1.82) is 0 Å². The number of para-hydroxylation sites is 2. The van der Waals surface area contributed by atoms with Gasteiger partial charge in [0.2, 0.25) is 0 Å². The van der Waals surface area contributed by atoms with Gasteiger partial charge in [0.25, 0.3) is 0 Å². The molecule has 2 heterocycles. The van der Waals surface area contributed by atoms with Crippen molar-refractivity contribution in [2.45, 2.75) is 4.90 Å². The van der Waals surface area contributed by atoms with E-state index in [1.807, 2.05) is 97.1 Å². The summed E-state index contributed by atoms with van der Waals surface area (Å²) in [4.78, 5) is 22.9. The molecule has 6 aromatic rings. The summed E-state index contributed by atoms with van der Waals surface area (Å²) in [6.07, 6.45) is 3.48. The normalized spacial score (nSPS) is 10.9. The second kappa shape index (κ2) is 11.4. The molecular weight excluding hydrogens is 524 g/mol. The third kappa shape index (κ3) is 5.40. The molecule has 0 bridgehead atoms. The lowest BCUT2D eigenvalue weighted by Crippen LogP contribution is -2.07. The molecule has 0 saturated heterocycles. The van der Waals surface area contributed by atoms with Gasteiger partial charge < -0.3 is 9.84 Å². The van der Waals surface area contributed by atoms with Gasteiger partial charge in [0.1, 0.15) is 11.5 Å². The zero-order valence-corrected chi connectivity index (χ0v) is 21.8.